The van der Waals surface area contributed by atoms with Crippen molar-refractivity contribution in [2.24, 2.45) is 0 Å². The Labute approximate surface area is 421 Å². The number of carbonyl (C=O) groups is 3. The van der Waals surface area contributed by atoms with Crippen molar-refractivity contribution in [3.05, 3.63) is 60.8 Å². The minimum Gasteiger partial charge on any atom is -0.462 e. The van der Waals surface area contributed by atoms with Gasteiger partial charge in [-0.05, 0) is 83.5 Å². The molecule has 0 aromatic carbocycles. The van der Waals surface area contributed by atoms with Crippen molar-refractivity contribution >= 4 is 17.9 Å². The Morgan fingerprint density at radius 1 is 0.309 bits per heavy atom. The smallest absolute Gasteiger partial charge is 0.306 e. The minimum absolute atomic E-state index is 0.0736. The van der Waals surface area contributed by atoms with Crippen LogP contribution in [-0.2, 0) is 28.6 Å². The van der Waals surface area contributed by atoms with E-state index in [0.29, 0.717) is 19.3 Å². The first-order valence-corrected chi connectivity index (χ1v) is 29.3. The number of esters is 3. The van der Waals surface area contributed by atoms with E-state index < -0.39 is 6.10 Å². The molecule has 0 bridgehead atoms. The molecule has 0 aliphatic rings. The Hall–Kier alpha value is -2.89. The Balaban J connectivity index is 3.98. The largest absolute Gasteiger partial charge is 0.462 e. The van der Waals surface area contributed by atoms with Crippen molar-refractivity contribution in [2.75, 3.05) is 13.2 Å². The van der Waals surface area contributed by atoms with Crippen LogP contribution in [0.5, 0.6) is 0 Å². The molecule has 0 aliphatic heterocycles. The van der Waals surface area contributed by atoms with Gasteiger partial charge in [-0.25, -0.2) is 0 Å². The zero-order valence-corrected chi connectivity index (χ0v) is 45.1. The van der Waals surface area contributed by atoms with Gasteiger partial charge in [-0.1, -0.05) is 255 Å². The highest BCUT2D eigenvalue weighted by atomic mass is 16.6. The van der Waals surface area contributed by atoms with Gasteiger partial charge in [0.2, 0.25) is 0 Å². The highest BCUT2D eigenvalue weighted by Gasteiger charge is 2.19. The third-order valence-corrected chi connectivity index (χ3v) is 12.8. The van der Waals surface area contributed by atoms with Gasteiger partial charge in [0.1, 0.15) is 13.2 Å². The zero-order chi connectivity index (χ0) is 49.3. The molecule has 0 aliphatic carbocycles. The van der Waals surface area contributed by atoms with E-state index in [-0.39, 0.29) is 31.1 Å². The SMILES string of the molecule is CC/C=C\C/C=C\C/C=C\C/C=C\CCCCCCCCCCCCCCCCCCCCC(=O)OCC(COC(=O)CCCCCCCCC)OC(=O)CCCCCCC/C=C\CCCCC. The van der Waals surface area contributed by atoms with E-state index in [1.165, 1.54) is 167 Å². The molecule has 0 heterocycles. The summed E-state index contributed by atoms with van der Waals surface area (Å²) in [6.45, 7) is 6.47. The minimum atomic E-state index is -0.771. The Morgan fingerprint density at radius 3 is 0.941 bits per heavy atom. The van der Waals surface area contributed by atoms with Crippen LogP contribution in [-0.4, -0.2) is 37.2 Å². The maximum Gasteiger partial charge on any atom is 0.306 e. The van der Waals surface area contributed by atoms with Crippen LogP contribution in [0.4, 0.5) is 0 Å². The summed E-state index contributed by atoms with van der Waals surface area (Å²) in [5.74, 6) is -0.879. The van der Waals surface area contributed by atoms with Crippen molar-refractivity contribution in [1.29, 1.82) is 0 Å². The summed E-state index contributed by atoms with van der Waals surface area (Å²) >= 11 is 0. The van der Waals surface area contributed by atoms with Crippen LogP contribution < -0.4 is 0 Å². The van der Waals surface area contributed by atoms with Crippen molar-refractivity contribution in [2.45, 2.75) is 303 Å². The first kappa shape index (κ1) is 65.1. The average Bonchev–Trinajstić information content (AvgIpc) is 3.34. The van der Waals surface area contributed by atoms with E-state index in [0.717, 1.165) is 89.9 Å². The second kappa shape index (κ2) is 56.7. The number of unbranched alkanes of at least 4 members (excludes halogenated alkanes) is 32. The Morgan fingerprint density at radius 2 is 0.574 bits per heavy atom. The van der Waals surface area contributed by atoms with Gasteiger partial charge in [-0.2, -0.15) is 0 Å². The van der Waals surface area contributed by atoms with Gasteiger partial charge in [0, 0.05) is 19.3 Å². The maximum absolute atomic E-state index is 12.7. The fourth-order valence-corrected chi connectivity index (χ4v) is 8.37. The lowest BCUT2D eigenvalue weighted by atomic mass is 10.0. The third-order valence-electron chi connectivity index (χ3n) is 12.8. The van der Waals surface area contributed by atoms with Gasteiger partial charge in [-0.15, -0.1) is 0 Å². The summed E-state index contributed by atoms with van der Waals surface area (Å²) in [4.78, 5) is 37.8. The fraction of sp³-hybridized carbons (Fsp3) is 0.790. The third kappa shape index (κ3) is 54.1. The molecule has 0 radical (unpaired) electrons. The molecule has 0 rings (SSSR count). The first-order chi connectivity index (χ1) is 33.5. The molecule has 0 fully saturated rings. The van der Waals surface area contributed by atoms with E-state index in [4.69, 9.17) is 14.2 Å². The van der Waals surface area contributed by atoms with E-state index in [9.17, 15) is 14.4 Å². The van der Waals surface area contributed by atoms with E-state index in [2.05, 4.69) is 81.5 Å². The normalized spacial score (nSPS) is 12.5. The molecule has 0 aromatic rings. The van der Waals surface area contributed by atoms with Gasteiger partial charge in [0.25, 0.3) is 0 Å². The molecule has 0 spiro atoms. The highest BCUT2D eigenvalue weighted by Crippen LogP contribution is 2.16. The molecule has 0 aromatic heterocycles. The summed E-state index contributed by atoms with van der Waals surface area (Å²) < 4.78 is 16.7. The van der Waals surface area contributed by atoms with Gasteiger partial charge in [-0.3, -0.25) is 14.4 Å². The monoisotopic (exact) mass is 951 g/mol. The molecular weight excluding hydrogens is 841 g/mol. The predicted octanol–water partition coefficient (Wildman–Crippen LogP) is 19.6. The molecule has 68 heavy (non-hydrogen) atoms. The van der Waals surface area contributed by atoms with E-state index >= 15 is 0 Å². The van der Waals surface area contributed by atoms with Crippen LogP contribution in [0.25, 0.3) is 0 Å². The van der Waals surface area contributed by atoms with Crippen molar-refractivity contribution in [3.8, 4) is 0 Å². The maximum atomic E-state index is 12.7. The Bertz CT molecular complexity index is 1230. The lowest BCUT2D eigenvalue weighted by Gasteiger charge is -2.18. The molecule has 0 saturated heterocycles. The number of ether oxygens (including phenoxy) is 3. The summed E-state index contributed by atoms with van der Waals surface area (Å²) in [6, 6.07) is 0. The van der Waals surface area contributed by atoms with Crippen LogP contribution in [0.15, 0.2) is 60.8 Å². The van der Waals surface area contributed by atoms with Crippen LogP contribution in [0.3, 0.4) is 0 Å². The number of hydrogen-bond acceptors (Lipinski definition) is 6. The lowest BCUT2D eigenvalue weighted by molar-refractivity contribution is -0.167. The van der Waals surface area contributed by atoms with Gasteiger partial charge in [0.05, 0.1) is 0 Å². The number of hydrogen-bond donors (Lipinski definition) is 0. The van der Waals surface area contributed by atoms with Crippen molar-refractivity contribution < 1.29 is 28.6 Å². The standard InChI is InChI=1S/C62H110O6/c1-4-7-10-13-16-18-20-22-23-24-25-26-27-28-29-30-31-32-33-34-35-36-37-38-39-40-42-43-46-49-52-55-61(64)67-58-59(57-66-60(63)54-51-48-45-15-12-9-6-3)68-62(65)56-53-50-47-44-41-21-19-17-14-11-8-5-2/h7,10,16-19,22-23,25-26,59H,4-6,8-9,11-15,20-21,24,27-58H2,1-3H3/b10-7-,18-16-,19-17-,23-22-,26-25-. The summed E-state index contributed by atoms with van der Waals surface area (Å²) in [7, 11) is 0. The van der Waals surface area contributed by atoms with Crippen LogP contribution in [0, 0.1) is 0 Å². The van der Waals surface area contributed by atoms with Crippen molar-refractivity contribution in [3.63, 3.8) is 0 Å². The first-order valence-electron chi connectivity index (χ1n) is 29.3. The van der Waals surface area contributed by atoms with Gasteiger partial charge >= 0.3 is 17.9 Å². The molecule has 6 nitrogen and oxygen atoms in total. The molecular formula is C62H110O6. The molecule has 0 amide bonds. The topological polar surface area (TPSA) is 78.9 Å². The second-order valence-electron chi connectivity index (χ2n) is 19.5. The fourth-order valence-electron chi connectivity index (χ4n) is 8.37. The zero-order valence-electron chi connectivity index (χ0n) is 45.1. The molecule has 1 unspecified atom stereocenters. The predicted molar refractivity (Wildman–Crippen MR) is 293 cm³/mol. The van der Waals surface area contributed by atoms with E-state index in [1.807, 2.05) is 0 Å². The molecule has 0 saturated carbocycles. The second-order valence-corrected chi connectivity index (χ2v) is 19.5. The molecule has 1 atom stereocenters. The van der Waals surface area contributed by atoms with Crippen LogP contribution in [0.1, 0.15) is 297 Å². The van der Waals surface area contributed by atoms with Gasteiger partial charge in [0.15, 0.2) is 6.10 Å². The number of allylic oxidation sites excluding steroid dienone is 10. The number of rotatable bonds is 53. The summed E-state index contributed by atoms with van der Waals surface area (Å²) in [6.07, 6.45) is 71.1. The van der Waals surface area contributed by atoms with Crippen LogP contribution in [0.2, 0.25) is 0 Å². The van der Waals surface area contributed by atoms with E-state index in [1.54, 1.807) is 0 Å². The van der Waals surface area contributed by atoms with Crippen LogP contribution >= 0.6 is 0 Å². The summed E-state index contributed by atoms with van der Waals surface area (Å²) in [5, 5.41) is 0. The molecule has 6 heteroatoms. The van der Waals surface area contributed by atoms with Gasteiger partial charge < -0.3 is 14.2 Å². The molecule has 0 N–H and O–H groups in total. The number of carbonyl (C=O) groups excluding carboxylic acids is 3. The lowest BCUT2D eigenvalue weighted by Crippen LogP contribution is -2.30. The van der Waals surface area contributed by atoms with Crippen molar-refractivity contribution in [1.82, 2.24) is 0 Å². The highest BCUT2D eigenvalue weighted by molar-refractivity contribution is 5.71. The Kier molecular flexibility index (Phi) is 54.3. The quantitative estimate of drug-likeness (QED) is 0.0262. The average molecular weight is 952 g/mol. The summed E-state index contributed by atoms with van der Waals surface area (Å²) in [5.41, 5.74) is 0. The molecule has 394 valence electrons.